The number of carbonyl (C=O) groups excluding carboxylic acids is 1. The van der Waals surface area contributed by atoms with E-state index in [0.717, 1.165) is 43.5 Å². The Morgan fingerprint density at radius 3 is 2.34 bits per heavy atom. The van der Waals surface area contributed by atoms with Crippen LogP contribution in [0.4, 0.5) is 0 Å². The summed E-state index contributed by atoms with van der Waals surface area (Å²) in [6.45, 7) is 4.76. The van der Waals surface area contributed by atoms with Crippen molar-refractivity contribution in [1.82, 2.24) is 0 Å². The highest BCUT2D eigenvalue weighted by molar-refractivity contribution is 7.12. The molecule has 0 aromatic carbocycles. The molecule has 3 fully saturated rings. The average Bonchev–Trinajstić information content (AvgIpc) is 3.46. The number of hydrogen-bond donors (Lipinski definition) is 2. The number of rotatable bonds is 9. The van der Waals surface area contributed by atoms with E-state index in [1.54, 1.807) is 12.1 Å². The normalized spacial score (nSPS) is 26.6. The number of fused-ring (bicyclic) bond motifs is 3. The number of nitrogens with zero attached hydrogens (tertiary/aromatic N) is 1. The molecule has 0 saturated carbocycles. The summed E-state index contributed by atoms with van der Waals surface area (Å²) in [6, 6.07) is 7.25. The zero-order chi connectivity index (χ0) is 20.3. The molecule has 0 amide bonds. The number of thiophene rings is 2. The summed E-state index contributed by atoms with van der Waals surface area (Å²) >= 11 is 2.73. The number of hydrogen-bond acceptors (Lipinski definition) is 7. The van der Waals surface area contributed by atoms with Crippen molar-refractivity contribution in [3.8, 4) is 0 Å². The number of ether oxygens (including phenoxy) is 2. The monoisotopic (exact) mass is 438 g/mol. The molecule has 3 saturated heterocycles. The molecule has 0 radical (unpaired) electrons. The van der Waals surface area contributed by atoms with Gasteiger partial charge in [0.2, 0.25) is 5.60 Å². The number of piperidine rings is 3. The van der Waals surface area contributed by atoms with Crippen LogP contribution in [0.1, 0.15) is 22.6 Å². The van der Waals surface area contributed by atoms with Gasteiger partial charge in [0, 0.05) is 18.8 Å². The smallest absolute Gasteiger partial charge is 0.349 e. The predicted octanol–water partition coefficient (Wildman–Crippen LogP) is 2.21. The first-order valence-corrected chi connectivity index (χ1v) is 11.9. The van der Waals surface area contributed by atoms with E-state index in [-0.39, 0.29) is 12.7 Å². The Balaban J connectivity index is 1.48. The summed E-state index contributed by atoms with van der Waals surface area (Å²) < 4.78 is 12.4. The molecule has 5 heterocycles. The molecule has 2 N–H and O–H groups in total. The van der Waals surface area contributed by atoms with Crippen LogP contribution < -0.4 is 0 Å². The first kappa shape index (κ1) is 21.0. The highest BCUT2D eigenvalue weighted by atomic mass is 32.1. The minimum atomic E-state index is -1.75. The van der Waals surface area contributed by atoms with Crippen LogP contribution in [0.3, 0.4) is 0 Å². The Morgan fingerprint density at radius 2 is 1.79 bits per heavy atom. The number of carbonyl (C=O) groups is 1. The third kappa shape index (κ3) is 4.15. The predicted molar refractivity (Wildman–Crippen MR) is 112 cm³/mol. The zero-order valence-corrected chi connectivity index (χ0v) is 18.0. The molecule has 29 heavy (non-hydrogen) atoms. The lowest BCUT2D eigenvalue weighted by molar-refractivity contribution is -0.946. The highest BCUT2D eigenvalue weighted by Crippen LogP contribution is 2.40. The number of aliphatic hydroxyl groups is 2. The van der Waals surface area contributed by atoms with E-state index in [2.05, 4.69) is 0 Å². The largest absolute Gasteiger partial charge is 0.453 e. The Hall–Kier alpha value is -1.29. The average molecular weight is 439 g/mol. The van der Waals surface area contributed by atoms with Crippen molar-refractivity contribution in [3.05, 3.63) is 44.8 Å². The van der Waals surface area contributed by atoms with Crippen molar-refractivity contribution < 1.29 is 29.0 Å². The number of quaternary nitrogens is 1. The van der Waals surface area contributed by atoms with E-state index < -0.39 is 11.6 Å². The molecule has 8 heteroatoms. The maximum absolute atomic E-state index is 13.3. The molecular formula is C21H28NO5S2+. The summed E-state index contributed by atoms with van der Waals surface area (Å²) in [6.07, 6.45) is 1.86. The molecule has 1 atom stereocenters. The molecule has 3 aliphatic rings. The van der Waals surface area contributed by atoms with Gasteiger partial charge < -0.3 is 24.2 Å². The first-order chi connectivity index (χ1) is 14.1. The van der Waals surface area contributed by atoms with Crippen molar-refractivity contribution in [3.63, 3.8) is 0 Å². The lowest BCUT2D eigenvalue weighted by atomic mass is 9.83. The topological polar surface area (TPSA) is 76.0 Å². The Labute approximate surface area is 178 Å². The van der Waals surface area contributed by atoms with E-state index in [0.29, 0.717) is 28.9 Å². The van der Waals surface area contributed by atoms with Crippen LogP contribution in [0.15, 0.2) is 35.0 Å². The van der Waals surface area contributed by atoms with Gasteiger partial charge in [0.15, 0.2) is 6.10 Å². The van der Waals surface area contributed by atoms with Gasteiger partial charge in [-0.15, -0.1) is 22.7 Å². The molecule has 0 unspecified atom stereocenters. The van der Waals surface area contributed by atoms with Crippen LogP contribution in [-0.2, 0) is 19.9 Å². The minimum absolute atomic E-state index is 0.0341. The standard InChI is InChI=1S/C21H28NO5S2/c23-10-12-26-11-9-22-7-5-16(6-8-22)17(15-22)27-20(24)21(25,18-3-1-13-28-18)19-4-2-14-29-19/h1-4,13-14,16-17,23,25H,5-12,15H2/q+1/t16?,17-,22?/m0/s1. The number of aliphatic hydroxyl groups excluding tert-OH is 1. The van der Waals surface area contributed by atoms with Gasteiger partial charge in [0.1, 0.15) is 13.1 Å². The van der Waals surface area contributed by atoms with Gasteiger partial charge in [-0.05, 0) is 22.9 Å². The molecule has 0 aliphatic carbocycles. The molecule has 3 aliphatic heterocycles. The van der Waals surface area contributed by atoms with Crippen LogP contribution >= 0.6 is 22.7 Å². The Bertz CT molecular complexity index is 750. The molecule has 0 spiro atoms. The quantitative estimate of drug-likeness (QED) is 0.357. The molecule has 2 aromatic heterocycles. The van der Waals surface area contributed by atoms with Gasteiger partial charge >= 0.3 is 5.97 Å². The van der Waals surface area contributed by atoms with Crippen molar-refractivity contribution in [2.24, 2.45) is 5.92 Å². The van der Waals surface area contributed by atoms with Gasteiger partial charge in [0.25, 0.3) is 0 Å². The fraction of sp³-hybridized carbons (Fsp3) is 0.571. The van der Waals surface area contributed by atoms with Gasteiger partial charge in [-0.3, -0.25) is 0 Å². The molecule has 158 valence electrons. The molecule has 2 aromatic rings. The fourth-order valence-electron chi connectivity index (χ4n) is 4.61. The van der Waals surface area contributed by atoms with Crippen LogP contribution in [0.5, 0.6) is 0 Å². The summed E-state index contributed by atoms with van der Waals surface area (Å²) in [5.74, 6) is -0.218. The third-order valence-electron chi connectivity index (χ3n) is 6.30. The second kappa shape index (κ2) is 8.83. The van der Waals surface area contributed by atoms with Crippen LogP contribution in [-0.4, -0.2) is 72.8 Å². The van der Waals surface area contributed by atoms with Gasteiger partial charge in [-0.2, -0.15) is 0 Å². The van der Waals surface area contributed by atoms with Gasteiger partial charge in [-0.25, -0.2) is 4.79 Å². The minimum Gasteiger partial charge on any atom is -0.453 e. The first-order valence-electron chi connectivity index (χ1n) is 10.1. The molecule has 5 rings (SSSR count). The third-order valence-corrected chi connectivity index (χ3v) is 8.25. The van der Waals surface area contributed by atoms with Crippen molar-refractivity contribution in [2.75, 3.05) is 46.0 Å². The van der Waals surface area contributed by atoms with E-state index in [4.69, 9.17) is 14.6 Å². The lowest BCUT2D eigenvalue weighted by Crippen LogP contribution is -2.65. The summed E-state index contributed by atoms with van der Waals surface area (Å²) in [5.41, 5.74) is -1.75. The van der Waals surface area contributed by atoms with Crippen molar-refractivity contribution in [1.29, 1.82) is 0 Å². The van der Waals surface area contributed by atoms with Gasteiger partial charge in [0.05, 0.1) is 42.7 Å². The molecule has 2 bridgehead atoms. The van der Waals surface area contributed by atoms with E-state index in [1.807, 2.05) is 22.9 Å². The maximum atomic E-state index is 13.3. The number of esters is 1. The lowest BCUT2D eigenvalue weighted by Gasteiger charge is -2.52. The van der Waals surface area contributed by atoms with Gasteiger partial charge in [-0.1, -0.05) is 12.1 Å². The van der Waals surface area contributed by atoms with Crippen LogP contribution in [0.2, 0.25) is 0 Å². The second-order valence-corrected chi connectivity index (χ2v) is 9.87. The van der Waals surface area contributed by atoms with E-state index >= 15 is 0 Å². The molecule has 6 nitrogen and oxygen atoms in total. The fourth-order valence-corrected chi connectivity index (χ4v) is 6.32. The summed E-state index contributed by atoms with van der Waals surface area (Å²) in [4.78, 5) is 14.5. The zero-order valence-electron chi connectivity index (χ0n) is 16.4. The van der Waals surface area contributed by atoms with Crippen molar-refractivity contribution in [2.45, 2.75) is 24.5 Å². The second-order valence-electron chi connectivity index (χ2n) is 7.98. The summed E-state index contributed by atoms with van der Waals surface area (Å²) in [5, 5.41) is 24.1. The van der Waals surface area contributed by atoms with Crippen LogP contribution in [0.25, 0.3) is 0 Å². The van der Waals surface area contributed by atoms with E-state index in [1.165, 1.54) is 22.7 Å². The Morgan fingerprint density at radius 1 is 1.14 bits per heavy atom. The van der Waals surface area contributed by atoms with Crippen molar-refractivity contribution >= 4 is 28.6 Å². The molecular weight excluding hydrogens is 410 g/mol. The van der Waals surface area contributed by atoms with E-state index in [9.17, 15) is 9.90 Å². The van der Waals surface area contributed by atoms with Crippen LogP contribution in [0, 0.1) is 5.92 Å². The highest BCUT2D eigenvalue weighted by Gasteiger charge is 2.51. The SMILES string of the molecule is O=C(O[C@H]1C[N+]2(CCOCCO)CCC1CC2)C(O)(c1cccs1)c1cccs1. The maximum Gasteiger partial charge on any atom is 0.349 e. The summed E-state index contributed by atoms with van der Waals surface area (Å²) in [7, 11) is 0. The Kier molecular flexibility index (Phi) is 6.38.